The van der Waals surface area contributed by atoms with Crippen molar-refractivity contribution < 1.29 is 36.0 Å². The van der Waals surface area contributed by atoms with Crippen LogP contribution in [0.2, 0.25) is 0 Å². The van der Waals surface area contributed by atoms with E-state index >= 15 is 0 Å². The second-order valence-corrected chi connectivity index (χ2v) is 19.5. The van der Waals surface area contributed by atoms with Crippen molar-refractivity contribution in [3.8, 4) is 0 Å². The molecule has 0 amide bonds. The van der Waals surface area contributed by atoms with E-state index in [1.165, 1.54) is 154 Å². The van der Waals surface area contributed by atoms with Crippen LogP contribution in [0, 0.1) is 0 Å². The van der Waals surface area contributed by atoms with Gasteiger partial charge in [-0.3, -0.25) is 0 Å². The summed E-state index contributed by atoms with van der Waals surface area (Å²) < 4.78 is 24.0. The van der Waals surface area contributed by atoms with Crippen molar-refractivity contribution >= 4 is 14.7 Å². The Kier molecular flexibility index (Phi) is 45.9. The fourth-order valence-electron chi connectivity index (χ4n) is 6.17. The van der Waals surface area contributed by atoms with E-state index in [4.69, 9.17) is 0 Å². The minimum Gasteiger partial charge on any atom is -0.799 e. The molecule has 7 heteroatoms. The van der Waals surface area contributed by atoms with Gasteiger partial charge in [-0.1, -0.05) is 207 Å². The predicted molar refractivity (Wildman–Crippen MR) is 205 cm³/mol. The average Bonchev–Trinajstić information content (AvgIpc) is 3.02. The maximum Gasteiger partial charge on any atom is 2.00 e. The molecule has 0 unspecified atom stereocenters. The molecule has 0 fully saturated rings. The monoisotopic (exact) mass is 747 g/mol. The zero-order valence-corrected chi connectivity index (χ0v) is 35.2. The van der Waals surface area contributed by atoms with Crippen LogP contribution >= 0.6 is 14.7 Å². The van der Waals surface area contributed by atoms with E-state index in [-0.39, 0.29) is 17.1 Å². The summed E-state index contributed by atoms with van der Waals surface area (Å²) >= 11 is 0. The van der Waals surface area contributed by atoms with Crippen molar-refractivity contribution in [3.63, 3.8) is 0 Å². The Labute approximate surface area is 307 Å². The molecule has 0 N–H and O–H groups in total. The minimum absolute atomic E-state index is 0. The van der Waals surface area contributed by atoms with Crippen LogP contribution in [0.1, 0.15) is 233 Å². The van der Waals surface area contributed by atoms with Crippen LogP contribution in [0.25, 0.3) is 0 Å². The molecule has 0 aliphatic rings. The Balaban J connectivity index is -0.000000807. The first-order valence-corrected chi connectivity index (χ1v) is 24.8. The Hall–Kier alpha value is 0.899. The van der Waals surface area contributed by atoms with E-state index in [0.717, 1.165) is 51.4 Å². The number of hydrogen-bond donors (Lipinski definition) is 0. The van der Waals surface area contributed by atoms with Gasteiger partial charge in [-0.25, -0.2) is 0 Å². The van der Waals surface area contributed by atoms with Gasteiger partial charge in [0.25, 0.3) is 0 Å². The topological polar surface area (TPSA) is 80.3 Å². The number of rotatable bonds is 36. The van der Waals surface area contributed by atoms with Crippen molar-refractivity contribution in [2.75, 3.05) is 24.6 Å². The Morgan fingerprint density at radius 3 is 0.553 bits per heavy atom. The average molecular weight is 747 g/mol. The SMILES string of the molecule is CCCCCCCCCCP(=O)([O-])CCCCCCCCCC.CCCCCCCCCCP(=O)([O-])CCCCCCCCCC.[Fe+2]. The molecule has 0 bridgehead atoms. The molecule has 286 valence electrons. The summed E-state index contributed by atoms with van der Waals surface area (Å²) in [6.45, 7) is 8.94. The second-order valence-electron chi connectivity index (χ2n) is 14.4. The van der Waals surface area contributed by atoms with E-state index in [1.807, 2.05) is 0 Å². The van der Waals surface area contributed by atoms with Crippen molar-refractivity contribution in [1.29, 1.82) is 0 Å². The van der Waals surface area contributed by atoms with Gasteiger partial charge in [0.1, 0.15) is 0 Å². The maximum atomic E-state index is 12.0. The zero-order chi connectivity index (χ0) is 34.5. The fraction of sp³-hybridized carbons (Fsp3) is 1.00. The molecule has 0 saturated heterocycles. The smallest absolute Gasteiger partial charge is 0.799 e. The molecule has 0 aromatic carbocycles. The third-order valence-corrected chi connectivity index (χ3v) is 13.4. The number of unbranched alkanes of at least 4 members (excludes halogenated alkanes) is 28. The summed E-state index contributed by atoms with van der Waals surface area (Å²) in [4.78, 5) is 24.0. The first kappa shape index (κ1) is 52.3. The Morgan fingerprint density at radius 1 is 0.277 bits per heavy atom. The standard InChI is InChI=1S/2C20H43O2P.Fe/c2*1-3-5-7-9-11-13-15-17-19-23(21,22)20-18-16-14-12-10-8-6-4-2;/h2*3-20H2,1-2H3,(H,21,22);/q;;+2/p-2. The van der Waals surface area contributed by atoms with E-state index in [1.54, 1.807) is 0 Å². The van der Waals surface area contributed by atoms with Crippen LogP contribution in [0.15, 0.2) is 0 Å². The van der Waals surface area contributed by atoms with Gasteiger partial charge in [-0.2, -0.15) is 0 Å². The van der Waals surface area contributed by atoms with Crippen molar-refractivity contribution in [1.82, 2.24) is 0 Å². The fourth-order valence-corrected chi connectivity index (χ4v) is 9.44. The quantitative estimate of drug-likeness (QED) is 0.0363. The minimum atomic E-state index is -3.07. The summed E-state index contributed by atoms with van der Waals surface area (Å²) in [6, 6.07) is 0. The van der Waals surface area contributed by atoms with E-state index in [2.05, 4.69) is 27.7 Å². The largest absolute Gasteiger partial charge is 2.00 e. The first-order valence-electron chi connectivity index (χ1n) is 20.8. The van der Waals surface area contributed by atoms with Crippen LogP contribution < -0.4 is 9.79 Å². The third-order valence-electron chi connectivity index (χ3n) is 9.41. The molecular formula is C40H84FeO4P2. The van der Waals surface area contributed by atoms with Gasteiger partial charge in [0.15, 0.2) is 0 Å². The second kappa shape index (κ2) is 41.3. The Morgan fingerprint density at radius 2 is 0.404 bits per heavy atom. The molecule has 0 aliphatic carbocycles. The van der Waals surface area contributed by atoms with Crippen LogP contribution in [-0.4, -0.2) is 24.6 Å². The molecule has 0 spiro atoms. The van der Waals surface area contributed by atoms with Gasteiger partial charge in [0.05, 0.1) is 0 Å². The molecule has 0 aromatic rings. The predicted octanol–water partition coefficient (Wildman–Crippen LogP) is 13.8. The molecule has 0 aliphatic heterocycles. The molecule has 0 saturated carbocycles. The molecule has 0 atom stereocenters. The molecular weight excluding hydrogens is 662 g/mol. The van der Waals surface area contributed by atoms with Crippen LogP contribution in [0.5, 0.6) is 0 Å². The van der Waals surface area contributed by atoms with E-state index in [9.17, 15) is 18.9 Å². The van der Waals surface area contributed by atoms with E-state index < -0.39 is 14.7 Å². The molecule has 0 rings (SSSR count). The first-order chi connectivity index (χ1) is 22.2. The normalized spacial score (nSPS) is 11.7. The maximum absolute atomic E-state index is 12.0. The molecule has 0 heterocycles. The van der Waals surface area contributed by atoms with Gasteiger partial charge >= 0.3 is 17.1 Å². The molecule has 0 radical (unpaired) electrons. The summed E-state index contributed by atoms with van der Waals surface area (Å²) in [7, 11) is -6.15. The van der Waals surface area contributed by atoms with Gasteiger partial charge in [-0.05, 0) is 50.3 Å². The van der Waals surface area contributed by atoms with Crippen molar-refractivity contribution in [2.24, 2.45) is 0 Å². The van der Waals surface area contributed by atoms with Gasteiger partial charge in [-0.15, -0.1) is 0 Å². The Bertz CT molecular complexity index is 573. The molecule has 4 nitrogen and oxygen atoms in total. The third kappa shape index (κ3) is 46.9. The van der Waals surface area contributed by atoms with Crippen LogP contribution in [-0.2, 0) is 26.2 Å². The van der Waals surface area contributed by atoms with Gasteiger partial charge in [0, 0.05) is 14.7 Å². The van der Waals surface area contributed by atoms with E-state index in [0.29, 0.717) is 24.6 Å². The summed E-state index contributed by atoms with van der Waals surface area (Å²) in [6.07, 6.45) is 40.8. The summed E-state index contributed by atoms with van der Waals surface area (Å²) in [5.74, 6) is 0. The number of hydrogen-bond acceptors (Lipinski definition) is 4. The summed E-state index contributed by atoms with van der Waals surface area (Å²) in [5.41, 5.74) is 0. The zero-order valence-electron chi connectivity index (χ0n) is 32.3. The van der Waals surface area contributed by atoms with Gasteiger partial charge in [0.2, 0.25) is 0 Å². The molecule has 0 aromatic heterocycles. The van der Waals surface area contributed by atoms with Crippen LogP contribution in [0.3, 0.4) is 0 Å². The van der Waals surface area contributed by atoms with Crippen LogP contribution in [0.4, 0.5) is 0 Å². The van der Waals surface area contributed by atoms with Gasteiger partial charge < -0.3 is 18.9 Å². The van der Waals surface area contributed by atoms with Crippen molar-refractivity contribution in [2.45, 2.75) is 233 Å². The molecule has 47 heavy (non-hydrogen) atoms. The van der Waals surface area contributed by atoms with Crippen molar-refractivity contribution in [3.05, 3.63) is 0 Å². The summed E-state index contributed by atoms with van der Waals surface area (Å²) in [5, 5.41) is 0.